The number of hydrogen-bond acceptors (Lipinski definition) is 4. The van der Waals surface area contributed by atoms with Crippen molar-refractivity contribution in [2.24, 2.45) is 11.3 Å². The average molecular weight is 282 g/mol. The van der Waals surface area contributed by atoms with Crippen LogP contribution in [0.2, 0.25) is 0 Å². The summed E-state index contributed by atoms with van der Waals surface area (Å²) in [5, 5.41) is 38.6. The SMILES string of the molecule is CCC(O)(C1CC(O)C(C)(C)C1O)C(F)(F)C(=O)O. The predicted octanol–water partition coefficient (Wildman–Crippen LogP) is 0.615. The van der Waals surface area contributed by atoms with Crippen LogP contribution in [-0.2, 0) is 4.79 Å². The van der Waals surface area contributed by atoms with Crippen molar-refractivity contribution < 1.29 is 34.0 Å². The van der Waals surface area contributed by atoms with Crippen molar-refractivity contribution in [3.63, 3.8) is 0 Å². The highest BCUT2D eigenvalue weighted by atomic mass is 19.3. The van der Waals surface area contributed by atoms with Crippen molar-refractivity contribution in [1.82, 2.24) is 0 Å². The summed E-state index contributed by atoms with van der Waals surface area (Å²) >= 11 is 0. The lowest BCUT2D eigenvalue weighted by Gasteiger charge is -2.40. The van der Waals surface area contributed by atoms with Crippen LogP contribution >= 0.6 is 0 Å². The molecule has 5 nitrogen and oxygen atoms in total. The summed E-state index contributed by atoms with van der Waals surface area (Å²) in [6.07, 6.45) is -3.33. The number of carbonyl (C=O) groups is 1. The van der Waals surface area contributed by atoms with E-state index in [2.05, 4.69) is 0 Å². The van der Waals surface area contributed by atoms with Gasteiger partial charge in [0.2, 0.25) is 0 Å². The Hall–Kier alpha value is -0.790. The normalized spacial score (nSPS) is 34.0. The number of alkyl halides is 2. The standard InChI is InChI=1S/C12H20F2O5/c1-4-11(19,12(13,14)9(17)18)6-5-7(15)10(2,3)8(6)16/h6-8,15-16,19H,4-5H2,1-3H3,(H,17,18). The first kappa shape index (κ1) is 16.3. The number of carboxylic acids is 1. The molecule has 4 unspecified atom stereocenters. The van der Waals surface area contributed by atoms with Gasteiger partial charge in [0.25, 0.3) is 0 Å². The highest BCUT2D eigenvalue weighted by Gasteiger charge is 2.67. The molecule has 4 atom stereocenters. The van der Waals surface area contributed by atoms with Crippen LogP contribution in [0.1, 0.15) is 33.6 Å². The van der Waals surface area contributed by atoms with Crippen LogP contribution in [-0.4, -0.2) is 50.1 Å². The van der Waals surface area contributed by atoms with Gasteiger partial charge in [0.05, 0.1) is 12.2 Å². The molecule has 4 N–H and O–H groups in total. The van der Waals surface area contributed by atoms with Crippen molar-refractivity contribution in [2.75, 3.05) is 0 Å². The molecule has 0 amide bonds. The number of rotatable bonds is 4. The van der Waals surface area contributed by atoms with Crippen LogP contribution in [0.25, 0.3) is 0 Å². The van der Waals surface area contributed by atoms with Crippen molar-refractivity contribution in [3.05, 3.63) is 0 Å². The molecule has 0 aliphatic heterocycles. The number of halogens is 2. The van der Waals surface area contributed by atoms with E-state index in [9.17, 15) is 28.9 Å². The lowest BCUT2D eigenvalue weighted by molar-refractivity contribution is -0.233. The summed E-state index contributed by atoms with van der Waals surface area (Å²) in [6, 6.07) is 0. The van der Waals surface area contributed by atoms with Gasteiger partial charge < -0.3 is 20.4 Å². The van der Waals surface area contributed by atoms with Crippen LogP contribution < -0.4 is 0 Å². The Morgan fingerprint density at radius 3 is 2.11 bits per heavy atom. The Morgan fingerprint density at radius 1 is 1.37 bits per heavy atom. The first-order chi connectivity index (χ1) is 8.42. The van der Waals surface area contributed by atoms with Gasteiger partial charge in [-0.2, -0.15) is 8.78 Å². The molecular weight excluding hydrogens is 262 g/mol. The molecule has 1 aliphatic carbocycles. The molecule has 7 heteroatoms. The lowest BCUT2D eigenvalue weighted by Crippen LogP contribution is -2.59. The van der Waals surface area contributed by atoms with Gasteiger partial charge in [-0.15, -0.1) is 0 Å². The summed E-state index contributed by atoms with van der Waals surface area (Å²) in [4.78, 5) is 10.7. The Kier molecular flexibility index (Phi) is 3.97. The van der Waals surface area contributed by atoms with E-state index in [-0.39, 0.29) is 6.42 Å². The maximum atomic E-state index is 13.8. The minimum absolute atomic E-state index is 0.276. The summed E-state index contributed by atoms with van der Waals surface area (Å²) < 4.78 is 27.5. The highest BCUT2D eigenvalue weighted by molar-refractivity contribution is 5.77. The maximum Gasteiger partial charge on any atom is 0.377 e. The molecule has 0 saturated heterocycles. The summed E-state index contributed by atoms with van der Waals surface area (Å²) in [6.45, 7) is 4.19. The zero-order valence-corrected chi connectivity index (χ0v) is 11.1. The van der Waals surface area contributed by atoms with E-state index in [0.29, 0.717) is 0 Å². The van der Waals surface area contributed by atoms with E-state index in [1.165, 1.54) is 20.8 Å². The molecule has 0 aromatic carbocycles. The molecule has 0 aromatic rings. The first-order valence-electron chi connectivity index (χ1n) is 6.12. The molecule has 112 valence electrons. The second-order valence-corrected chi connectivity index (χ2v) is 5.78. The second-order valence-electron chi connectivity index (χ2n) is 5.78. The Morgan fingerprint density at radius 2 is 1.84 bits per heavy atom. The molecular formula is C12H20F2O5. The molecule has 0 bridgehead atoms. The summed E-state index contributed by atoms with van der Waals surface area (Å²) in [5.41, 5.74) is -3.98. The number of aliphatic hydroxyl groups excluding tert-OH is 2. The molecule has 0 aromatic heterocycles. The van der Waals surface area contributed by atoms with E-state index >= 15 is 0 Å². The molecule has 1 fully saturated rings. The van der Waals surface area contributed by atoms with Crippen LogP contribution in [0.3, 0.4) is 0 Å². The van der Waals surface area contributed by atoms with E-state index in [1.54, 1.807) is 0 Å². The second kappa shape index (κ2) is 4.64. The Labute approximate surface area is 109 Å². The fraction of sp³-hybridized carbons (Fsp3) is 0.917. The topological polar surface area (TPSA) is 98.0 Å². The molecule has 19 heavy (non-hydrogen) atoms. The van der Waals surface area contributed by atoms with Crippen molar-refractivity contribution >= 4 is 5.97 Å². The third-order valence-corrected chi connectivity index (χ3v) is 4.44. The third-order valence-electron chi connectivity index (χ3n) is 4.44. The average Bonchev–Trinajstić information content (AvgIpc) is 2.51. The number of aliphatic hydroxyl groups is 3. The van der Waals surface area contributed by atoms with Gasteiger partial charge in [0.15, 0.2) is 0 Å². The smallest absolute Gasteiger partial charge is 0.377 e. The predicted molar refractivity (Wildman–Crippen MR) is 61.7 cm³/mol. The van der Waals surface area contributed by atoms with E-state index in [4.69, 9.17) is 5.11 Å². The van der Waals surface area contributed by atoms with Crippen molar-refractivity contribution in [3.8, 4) is 0 Å². The largest absolute Gasteiger partial charge is 0.477 e. The molecule has 0 spiro atoms. The molecule has 1 saturated carbocycles. The minimum Gasteiger partial charge on any atom is -0.477 e. The number of aliphatic carboxylic acids is 1. The van der Waals surface area contributed by atoms with Gasteiger partial charge in [-0.25, -0.2) is 4.79 Å². The van der Waals surface area contributed by atoms with Gasteiger partial charge in [-0.3, -0.25) is 0 Å². The van der Waals surface area contributed by atoms with Crippen molar-refractivity contribution in [2.45, 2.75) is 57.3 Å². The summed E-state index contributed by atoms with van der Waals surface area (Å²) in [7, 11) is 0. The molecule has 1 aliphatic rings. The van der Waals surface area contributed by atoms with Crippen molar-refractivity contribution in [1.29, 1.82) is 0 Å². The summed E-state index contributed by atoms with van der Waals surface area (Å²) in [5.74, 6) is -8.25. The lowest BCUT2D eigenvalue weighted by atomic mass is 9.75. The fourth-order valence-corrected chi connectivity index (χ4v) is 2.75. The molecule has 1 rings (SSSR count). The van der Waals surface area contributed by atoms with Crippen LogP contribution in [0.15, 0.2) is 0 Å². The van der Waals surface area contributed by atoms with Crippen LogP contribution in [0, 0.1) is 11.3 Å². The van der Waals surface area contributed by atoms with E-state index < -0.39 is 47.5 Å². The van der Waals surface area contributed by atoms with Crippen LogP contribution in [0.5, 0.6) is 0 Å². The van der Waals surface area contributed by atoms with E-state index in [1.807, 2.05) is 0 Å². The third kappa shape index (κ3) is 2.13. The monoisotopic (exact) mass is 282 g/mol. The van der Waals surface area contributed by atoms with E-state index in [0.717, 1.165) is 0 Å². The number of carboxylic acid groups (broad SMARTS) is 1. The van der Waals surface area contributed by atoms with Gasteiger partial charge in [0.1, 0.15) is 5.60 Å². The zero-order valence-electron chi connectivity index (χ0n) is 11.1. The fourth-order valence-electron chi connectivity index (χ4n) is 2.75. The molecule has 0 heterocycles. The van der Waals surface area contributed by atoms with Gasteiger partial charge in [0, 0.05) is 11.3 Å². The first-order valence-corrected chi connectivity index (χ1v) is 6.12. The van der Waals surface area contributed by atoms with Gasteiger partial charge in [-0.1, -0.05) is 20.8 Å². The maximum absolute atomic E-state index is 13.8. The quantitative estimate of drug-likeness (QED) is 0.606. The molecule has 0 radical (unpaired) electrons. The minimum atomic E-state index is -4.40. The zero-order chi connectivity index (χ0) is 15.2. The highest BCUT2D eigenvalue weighted by Crippen LogP contribution is 2.51. The van der Waals surface area contributed by atoms with Crippen LogP contribution in [0.4, 0.5) is 8.78 Å². The Bertz CT molecular complexity index is 371. The Balaban J connectivity index is 3.22. The number of hydrogen-bond donors (Lipinski definition) is 4. The van der Waals surface area contributed by atoms with Gasteiger partial charge >= 0.3 is 11.9 Å². The van der Waals surface area contributed by atoms with Gasteiger partial charge in [-0.05, 0) is 12.8 Å².